The summed E-state index contributed by atoms with van der Waals surface area (Å²) >= 11 is 1.59. The molecule has 7 nitrogen and oxygen atoms in total. The van der Waals surface area contributed by atoms with Gasteiger partial charge in [0, 0.05) is 17.2 Å². The first-order valence-electron chi connectivity index (χ1n) is 9.13. The predicted octanol–water partition coefficient (Wildman–Crippen LogP) is 2.19. The number of imide groups is 2. The van der Waals surface area contributed by atoms with E-state index in [1.807, 2.05) is 37.3 Å². The number of carbonyl (C=O) groups is 4. The third-order valence-corrected chi connectivity index (χ3v) is 5.35. The molecular weight excluding hydrogens is 390 g/mol. The molecule has 1 aliphatic rings. The number of urea groups is 1. The van der Waals surface area contributed by atoms with Gasteiger partial charge < -0.3 is 5.32 Å². The SMILES string of the molecule is Cc1ccc(SCCNC(=O)CN2C(=O)C(=O)N(Cc3ccccc3)C2=O)cc1. The molecule has 0 radical (unpaired) electrons. The second kappa shape index (κ2) is 9.38. The predicted molar refractivity (Wildman–Crippen MR) is 109 cm³/mol. The molecular formula is C21H21N3O4S. The van der Waals surface area contributed by atoms with Crippen molar-refractivity contribution in [3.63, 3.8) is 0 Å². The van der Waals surface area contributed by atoms with E-state index in [4.69, 9.17) is 0 Å². The molecule has 150 valence electrons. The molecule has 0 aromatic heterocycles. The van der Waals surface area contributed by atoms with Gasteiger partial charge in [0.05, 0.1) is 6.54 Å². The second-order valence-corrected chi connectivity index (χ2v) is 7.73. The summed E-state index contributed by atoms with van der Waals surface area (Å²) in [4.78, 5) is 51.5. The Labute approximate surface area is 173 Å². The quantitative estimate of drug-likeness (QED) is 0.311. The van der Waals surface area contributed by atoms with Crippen LogP contribution in [0, 0.1) is 6.92 Å². The van der Waals surface area contributed by atoms with E-state index in [0.29, 0.717) is 17.2 Å². The highest BCUT2D eigenvalue weighted by atomic mass is 32.2. The van der Waals surface area contributed by atoms with Crippen LogP contribution >= 0.6 is 11.8 Å². The van der Waals surface area contributed by atoms with Gasteiger partial charge in [0.1, 0.15) is 6.54 Å². The average Bonchev–Trinajstić information content (AvgIpc) is 2.91. The molecule has 1 saturated heterocycles. The van der Waals surface area contributed by atoms with Crippen LogP contribution in [0.5, 0.6) is 0 Å². The summed E-state index contributed by atoms with van der Waals surface area (Å²) in [5.74, 6) is -1.72. The summed E-state index contributed by atoms with van der Waals surface area (Å²) in [5.41, 5.74) is 1.90. The molecule has 5 amide bonds. The lowest BCUT2D eigenvalue weighted by atomic mass is 10.2. The fraction of sp³-hybridized carbons (Fsp3) is 0.238. The van der Waals surface area contributed by atoms with Crippen molar-refractivity contribution in [1.82, 2.24) is 15.1 Å². The van der Waals surface area contributed by atoms with Crippen LogP contribution < -0.4 is 5.32 Å². The number of hydrogen-bond donors (Lipinski definition) is 1. The molecule has 0 saturated carbocycles. The maximum atomic E-state index is 12.4. The van der Waals surface area contributed by atoms with Crippen LogP contribution in [0.15, 0.2) is 59.5 Å². The minimum atomic E-state index is -0.977. The molecule has 0 atom stereocenters. The summed E-state index contributed by atoms with van der Waals surface area (Å²) in [7, 11) is 0. The standard InChI is InChI=1S/C21H21N3O4S/c1-15-7-9-17(10-8-15)29-12-11-22-18(25)14-24-20(27)19(26)23(21(24)28)13-16-5-3-2-4-6-16/h2-10H,11-14H2,1H3,(H,22,25). The number of nitrogens with one attached hydrogen (secondary N) is 1. The maximum Gasteiger partial charge on any atom is 0.335 e. The van der Waals surface area contributed by atoms with E-state index in [9.17, 15) is 19.2 Å². The largest absolute Gasteiger partial charge is 0.354 e. The lowest BCUT2D eigenvalue weighted by Gasteiger charge is -2.15. The summed E-state index contributed by atoms with van der Waals surface area (Å²) in [6.45, 7) is 1.93. The first-order valence-corrected chi connectivity index (χ1v) is 10.1. The van der Waals surface area contributed by atoms with Crippen molar-refractivity contribution < 1.29 is 19.2 Å². The van der Waals surface area contributed by atoms with E-state index in [1.54, 1.807) is 36.0 Å². The van der Waals surface area contributed by atoms with Gasteiger partial charge in [-0.1, -0.05) is 48.0 Å². The number of thioether (sulfide) groups is 1. The minimum absolute atomic E-state index is 0.00441. The Hall–Kier alpha value is -3.13. The first kappa shape index (κ1) is 20.6. The summed E-state index contributed by atoms with van der Waals surface area (Å²) in [6, 6.07) is 16.2. The second-order valence-electron chi connectivity index (χ2n) is 6.56. The Kier molecular flexibility index (Phi) is 6.66. The molecule has 1 N–H and O–H groups in total. The van der Waals surface area contributed by atoms with E-state index >= 15 is 0 Å². The third-order valence-electron chi connectivity index (χ3n) is 4.33. The van der Waals surface area contributed by atoms with Gasteiger partial charge in [-0.15, -0.1) is 11.8 Å². The number of amides is 5. The summed E-state index contributed by atoms with van der Waals surface area (Å²) < 4.78 is 0. The molecule has 1 aliphatic heterocycles. The molecule has 1 heterocycles. The highest BCUT2D eigenvalue weighted by Gasteiger charge is 2.45. The number of carbonyl (C=O) groups excluding carboxylic acids is 4. The lowest BCUT2D eigenvalue weighted by molar-refractivity contribution is -0.144. The first-order chi connectivity index (χ1) is 14.0. The molecule has 2 aromatic rings. The molecule has 2 aromatic carbocycles. The van der Waals surface area contributed by atoms with Crippen molar-refractivity contribution in [3.05, 3.63) is 65.7 Å². The summed E-state index contributed by atoms with van der Waals surface area (Å²) in [5, 5.41) is 2.68. The molecule has 29 heavy (non-hydrogen) atoms. The van der Waals surface area contributed by atoms with Gasteiger partial charge in [-0.2, -0.15) is 0 Å². The van der Waals surface area contributed by atoms with E-state index in [1.165, 1.54) is 5.56 Å². The lowest BCUT2D eigenvalue weighted by Crippen LogP contribution is -2.41. The van der Waals surface area contributed by atoms with Gasteiger partial charge in [-0.3, -0.25) is 19.3 Å². The van der Waals surface area contributed by atoms with Gasteiger partial charge >= 0.3 is 17.8 Å². The van der Waals surface area contributed by atoms with E-state index in [-0.39, 0.29) is 6.54 Å². The fourth-order valence-corrected chi connectivity index (χ4v) is 3.56. The van der Waals surface area contributed by atoms with Crippen LogP contribution in [0.1, 0.15) is 11.1 Å². The van der Waals surface area contributed by atoms with Crippen LogP contribution in [-0.4, -0.2) is 52.4 Å². The van der Waals surface area contributed by atoms with Gasteiger partial charge in [0.2, 0.25) is 5.91 Å². The minimum Gasteiger partial charge on any atom is -0.354 e. The zero-order valence-corrected chi connectivity index (χ0v) is 16.8. The molecule has 0 bridgehead atoms. The van der Waals surface area contributed by atoms with Gasteiger partial charge in [0.25, 0.3) is 0 Å². The zero-order chi connectivity index (χ0) is 20.8. The van der Waals surface area contributed by atoms with Crippen LogP contribution in [0.25, 0.3) is 0 Å². The van der Waals surface area contributed by atoms with Crippen LogP contribution in [0.3, 0.4) is 0 Å². The number of benzene rings is 2. The van der Waals surface area contributed by atoms with E-state index in [2.05, 4.69) is 5.32 Å². The van der Waals surface area contributed by atoms with Crippen molar-refractivity contribution in [1.29, 1.82) is 0 Å². The normalized spacial score (nSPS) is 13.9. The fourth-order valence-electron chi connectivity index (χ4n) is 2.79. The smallest absolute Gasteiger partial charge is 0.335 e. The van der Waals surface area contributed by atoms with Crippen molar-refractivity contribution in [2.75, 3.05) is 18.8 Å². The van der Waals surface area contributed by atoms with Crippen molar-refractivity contribution in [3.8, 4) is 0 Å². The zero-order valence-electron chi connectivity index (χ0n) is 16.0. The Balaban J connectivity index is 1.48. The molecule has 3 rings (SSSR count). The maximum absolute atomic E-state index is 12.4. The third kappa shape index (κ3) is 5.23. The van der Waals surface area contributed by atoms with Crippen molar-refractivity contribution in [2.24, 2.45) is 0 Å². The molecule has 8 heteroatoms. The molecule has 0 aliphatic carbocycles. The number of aryl methyl sites for hydroxylation is 1. The Morgan fingerprint density at radius 1 is 0.931 bits per heavy atom. The molecule has 0 unspecified atom stereocenters. The number of hydrogen-bond acceptors (Lipinski definition) is 5. The molecule has 1 fully saturated rings. The van der Waals surface area contributed by atoms with E-state index < -0.39 is 30.3 Å². The van der Waals surface area contributed by atoms with E-state index in [0.717, 1.165) is 15.4 Å². The van der Waals surface area contributed by atoms with Crippen LogP contribution in [-0.2, 0) is 20.9 Å². The number of rotatable bonds is 8. The van der Waals surface area contributed by atoms with Crippen molar-refractivity contribution >= 4 is 35.5 Å². The van der Waals surface area contributed by atoms with Crippen LogP contribution in [0.4, 0.5) is 4.79 Å². The highest BCUT2D eigenvalue weighted by Crippen LogP contribution is 2.18. The van der Waals surface area contributed by atoms with Gasteiger partial charge in [-0.25, -0.2) is 9.69 Å². The Morgan fingerprint density at radius 3 is 2.28 bits per heavy atom. The highest BCUT2D eigenvalue weighted by molar-refractivity contribution is 7.99. The van der Waals surface area contributed by atoms with Gasteiger partial charge in [-0.05, 0) is 24.6 Å². The Morgan fingerprint density at radius 2 is 1.59 bits per heavy atom. The van der Waals surface area contributed by atoms with Gasteiger partial charge in [0.15, 0.2) is 0 Å². The topological polar surface area (TPSA) is 86.8 Å². The van der Waals surface area contributed by atoms with Crippen molar-refractivity contribution in [2.45, 2.75) is 18.4 Å². The summed E-state index contributed by atoms with van der Waals surface area (Å²) in [6.07, 6.45) is 0. The monoisotopic (exact) mass is 411 g/mol. The van der Waals surface area contributed by atoms with Crippen LogP contribution in [0.2, 0.25) is 0 Å². The number of nitrogens with zero attached hydrogens (tertiary/aromatic N) is 2. The average molecular weight is 411 g/mol. The molecule has 0 spiro atoms. The Bertz CT molecular complexity index is 915.